The van der Waals surface area contributed by atoms with E-state index in [0.717, 1.165) is 17.5 Å². The van der Waals surface area contributed by atoms with Gasteiger partial charge in [-0.3, -0.25) is 9.59 Å². The fourth-order valence-electron chi connectivity index (χ4n) is 4.25. The number of nitrogens with one attached hydrogen (secondary N) is 1. The number of benzene rings is 1. The van der Waals surface area contributed by atoms with E-state index in [-0.39, 0.29) is 29.9 Å². The minimum absolute atomic E-state index is 0.0121. The zero-order chi connectivity index (χ0) is 23.9. The maximum absolute atomic E-state index is 13.1. The van der Waals surface area contributed by atoms with Crippen LogP contribution in [0.1, 0.15) is 49.3 Å². The lowest BCUT2D eigenvalue weighted by Crippen LogP contribution is -2.49. The molecule has 1 saturated heterocycles. The number of amides is 2. The predicted molar refractivity (Wildman–Crippen MR) is 130 cm³/mol. The Kier molecular flexibility index (Phi) is 6.22. The minimum Gasteiger partial charge on any atom is -0.364 e. The molecule has 1 aromatic heterocycles. The van der Waals surface area contributed by atoms with Crippen LogP contribution in [0.15, 0.2) is 24.3 Å². The van der Waals surface area contributed by atoms with Gasteiger partial charge in [0.1, 0.15) is 11.5 Å². The van der Waals surface area contributed by atoms with Gasteiger partial charge < -0.3 is 20.0 Å². The number of hydrogen-bond acceptors (Lipinski definition) is 6. The first kappa shape index (κ1) is 23.3. The van der Waals surface area contributed by atoms with Crippen molar-refractivity contribution in [3.8, 4) is 0 Å². The Hall–Kier alpha value is -2.87. The minimum atomic E-state index is -0.348. The first-order chi connectivity index (χ1) is 15.5. The lowest BCUT2D eigenvalue weighted by atomic mass is 9.94. The highest BCUT2D eigenvalue weighted by atomic mass is 35.5. The molecule has 1 aromatic carbocycles. The van der Waals surface area contributed by atoms with E-state index in [1.807, 2.05) is 43.0 Å². The van der Waals surface area contributed by atoms with Crippen molar-refractivity contribution in [1.29, 1.82) is 0 Å². The standard InChI is InChI=1S/C24H31ClN6O2/c1-15(2)31-13-18-20(22(31)33)26-23(30-11-10-29(5)19(32)14-30)27-21(18)28-24(3,4)12-16-6-8-17(25)9-7-16/h6-9,15H,10-14H2,1-5H3,(H,26,27,28). The number of nitrogens with zero attached hydrogens (tertiary/aromatic N) is 5. The van der Waals surface area contributed by atoms with Gasteiger partial charge >= 0.3 is 0 Å². The number of aromatic nitrogens is 2. The zero-order valence-electron chi connectivity index (χ0n) is 19.9. The van der Waals surface area contributed by atoms with E-state index in [1.165, 1.54) is 0 Å². The highest BCUT2D eigenvalue weighted by Crippen LogP contribution is 2.32. The maximum Gasteiger partial charge on any atom is 0.273 e. The van der Waals surface area contributed by atoms with Crippen LogP contribution in [-0.4, -0.2) is 69.8 Å². The fraction of sp³-hybridized carbons (Fsp3) is 0.500. The molecule has 3 heterocycles. The van der Waals surface area contributed by atoms with Gasteiger partial charge in [0.2, 0.25) is 11.9 Å². The van der Waals surface area contributed by atoms with Crippen LogP contribution in [0.5, 0.6) is 0 Å². The molecule has 0 spiro atoms. The van der Waals surface area contributed by atoms with Crippen LogP contribution in [0, 0.1) is 0 Å². The summed E-state index contributed by atoms with van der Waals surface area (Å²) in [5, 5.41) is 4.28. The molecule has 0 saturated carbocycles. The topological polar surface area (TPSA) is 81.7 Å². The molecule has 1 fully saturated rings. The summed E-state index contributed by atoms with van der Waals surface area (Å²) in [4.78, 5) is 40.2. The summed E-state index contributed by atoms with van der Waals surface area (Å²) in [7, 11) is 1.79. The lowest BCUT2D eigenvalue weighted by Gasteiger charge is -2.33. The quantitative estimate of drug-likeness (QED) is 0.698. The molecule has 2 aliphatic rings. The van der Waals surface area contributed by atoms with Gasteiger partial charge in [-0.1, -0.05) is 23.7 Å². The van der Waals surface area contributed by atoms with Gasteiger partial charge in [-0.05, 0) is 51.8 Å². The van der Waals surface area contributed by atoms with Crippen molar-refractivity contribution in [2.75, 3.05) is 36.9 Å². The largest absolute Gasteiger partial charge is 0.364 e. The Balaban J connectivity index is 1.68. The van der Waals surface area contributed by atoms with Crippen LogP contribution in [0.3, 0.4) is 0 Å². The second kappa shape index (κ2) is 8.82. The van der Waals surface area contributed by atoms with Crippen molar-refractivity contribution in [2.45, 2.75) is 52.2 Å². The van der Waals surface area contributed by atoms with Crippen molar-refractivity contribution in [3.63, 3.8) is 0 Å². The molecular weight excluding hydrogens is 440 g/mol. The number of halogens is 1. The van der Waals surface area contributed by atoms with E-state index in [2.05, 4.69) is 24.1 Å². The number of anilines is 2. The summed E-state index contributed by atoms with van der Waals surface area (Å²) in [6, 6.07) is 7.85. The molecule has 0 radical (unpaired) electrons. The number of carbonyl (C=O) groups excluding carboxylic acids is 2. The van der Waals surface area contributed by atoms with Crippen molar-refractivity contribution in [1.82, 2.24) is 19.8 Å². The predicted octanol–water partition coefficient (Wildman–Crippen LogP) is 3.21. The third-order valence-corrected chi connectivity index (χ3v) is 6.42. The summed E-state index contributed by atoms with van der Waals surface area (Å²) in [6.07, 6.45) is 0.743. The summed E-state index contributed by atoms with van der Waals surface area (Å²) in [5.74, 6) is 0.983. The number of piperazine rings is 1. The number of likely N-dealkylation sites (N-methyl/N-ethyl adjacent to an activating group) is 1. The van der Waals surface area contributed by atoms with Crippen molar-refractivity contribution in [2.24, 2.45) is 0 Å². The maximum atomic E-state index is 13.1. The molecule has 8 nitrogen and oxygen atoms in total. The second-order valence-corrected chi connectivity index (χ2v) is 10.2. The molecule has 0 atom stereocenters. The smallest absolute Gasteiger partial charge is 0.273 e. The SMILES string of the molecule is CC(C)N1Cc2c(NC(C)(C)Cc3ccc(Cl)cc3)nc(N3CCN(C)C(=O)C3)nc2C1=O. The first-order valence-corrected chi connectivity index (χ1v) is 11.7. The van der Waals surface area contributed by atoms with E-state index < -0.39 is 0 Å². The Morgan fingerprint density at radius 3 is 2.42 bits per heavy atom. The normalized spacial score (nSPS) is 16.6. The summed E-state index contributed by atoms with van der Waals surface area (Å²) >= 11 is 6.04. The van der Waals surface area contributed by atoms with Gasteiger partial charge in [0.05, 0.1) is 13.1 Å². The Labute approximate surface area is 199 Å². The summed E-state index contributed by atoms with van der Waals surface area (Å²) in [6.45, 7) is 10.1. The van der Waals surface area contributed by atoms with Crippen LogP contribution in [0.4, 0.5) is 11.8 Å². The number of hydrogen-bond donors (Lipinski definition) is 1. The van der Waals surface area contributed by atoms with Gasteiger partial charge in [0, 0.05) is 42.3 Å². The van der Waals surface area contributed by atoms with Gasteiger partial charge in [0.25, 0.3) is 5.91 Å². The molecule has 2 amide bonds. The molecule has 176 valence electrons. The molecule has 2 aliphatic heterocycles. The lowest BCUT2D eigenvalue weighted by molar-refractivity contribution is -0.129. The van der Waals surface area contributed by atoms with Gasteiger partial charge in [-0.25, -0.2) is 4.98 Å². The molecule has 33 heavy (non-hydrogen) atoms. The average Bonchev–Trinajstić information content (AvgIpc) is 3.08. The van der Waals surface area contributed by atoms with E-state index in [1.54, 1.807) is 16.8 Å². The highest BCUT2D eigenvalue weighted by Gasteiger charge is 2.36. The van der Waals surface area contributed by atoms with Crippen molar-refractivity contribution >= 4 is 35.2 Å². The molecule has 2 aromatic rings. The van der Waals surface area contributed by atoms with Gasteiger partial charge in [-0.2, -0.15) is 4.98 Å². The van der Waals surface area contributed by atoms with Gasteiger partial charge in [0.15, 0.2) is 0 Å². The summed E-state index contributed by atoms with van der Waals surface area (Å²) in [5.41, 5.74) is 2.03. The van der Waals surface area contributed by atoms with E-state index >= 15 is 0 Å². The van der Waals surface area contributed by atoms with Gasteiger partial charge in [-0.15, -0.1) is 0 Å². The second-order valence-electron chi connectivity index (χ2n) is 9.78. The van der Waals surface area contributed by atoms with Crippen molar-refractivity contribution in [3.05, 3.63) is 46.1 Å². The fourth-order valence-corrected chi connectivity index (χ4v) is 4.37. The van der Waals surface area contributed by atoms with Crippen LogP contribution in [0.25, 0.3) is 0 Å². The summed E-state index contributed by atoms with van der Waals surface area (Å²) < 4.78 is 0. The monoisotopic (exact) mass is 470 g/mol. The Bertz CT molecular complexity index is 1070. The van der Waals surface area contributed by atoms with Crippen molar-refractivity contribution < 1.29 is 9.59 Å². The third-order valence-electron chi connectivity index (χ3n) is 6.17. The van der Waals surface area contributed by atoms with Crippen LogP contribution in [-0.2, 0) is 17.8 Å². The third kappa shape index (κ3) is 4.90. The molecular formula is C24H31ClN6O2. The Morgan fingerprint density at radius 2 is 1.79 bits per heavy atom. The number of carbonyl (C=O) groups is 2. The molecule has 4 rings (SSSR count). The van der Waals surface area contributed by atoms with Crippen LogP contribution < -0.4 is 10.2 Å². The first-order valence-electron chi connectivity index (χ1n) is 11.3. The Morgan fingerprint density at radius 1 is 1.09 bits per heavy atom. The van der Waals surface area contributed by atoms with Crippen LogP contribution in [0.2, 0.25) is 5.02 Å². The molecule has 0 unspecified atom stereocenters. The number of fused-ring (bicyclic) bond motifs is 1. The van der Waals surface area contributed by atoms with E-state index in [4.69, 9.17) is 16.6 Å². The number of rotatable bonds is 6. The molecule has 0 bridgehead atoms. The average molecular weight is 471 g/mol. The zero-order valence-corrected chi connectivity index (χ0v) is 20.6. The highest BCUT2D eigenvalue weighted by molar-refractivity contribution is 6.30. The molecule has 0 aliphatic carbocycles. The molecule has 9 heteroatoms. The van der Waals surface area contributed by atoms with E-state index in [0.29, 0.717) is 42.1 Å². The van der Waals surface area contributed by atoms with Crippen LogP contribution >= 0.6 is 11.6 Å². The van der Waals surface area contributed by atoms with E-state index in [9.17, 15) is 9.59 Å². The molecule has 1 N–H and O–H groups in total.